The number of fused-ring (bicyclic) bond motifs is 1. The SMILES string of the molecule is O=S(=O)(Nc1cccc(NS(=O)(=O)c2cccc3cccnc23)c1)c1cc(Cl)cc(Cl)c1. The lowest BCUT2D eigenvalue weighted by atomic mass is 10.2. The van der Waals surface area contributed by atoms with Crippen molar-refractivity contribution in [2.45, 2.75) is 9.79 Å². The summed E-state index contributed by atoms with van der Waals surface area (Å²) in [4.78, 5) is 4.06. The van der Waals surface area contributed by atoms with Crippen molar-refractivity contribution in [3.05, 3.63) is 89.0 Å². The summed E-state index contributed by atoms with van der Waals surface area (Å²) >= 11 is 11.8. The van der Waals surface area contributed by atoms with Gasteiger partial charge in [0.2, 0.25) is 0 Å². The zero-order chi connectivity index (χ0) is 22.9. The standard InChI is InChI=1S/C21H15Cl2N3O4S2/c22-15-10-16(23)12-19(11-15)31(27,28)25-17-6-2-7-18(13-17)26-32(29,30)20-8-1-4-14-5-3-9-24-21(14)20/h1-13,25-26H. The largest absolute Gasteiger partial charge is 0.280 e. The molecule has 1 heterocycles. The van der Waals surface area contributed by atoms with E-state index in [2.05, 4.69) is 14.4 Å². The van der Waals surface area contributed by atoms with Gasteiger partial charge in [-0.15, -0.1) is 0 Å². The van der Waals surface area contributed by atoms with Gasteiger partial charge in [-0.1, -0.05) is 47.5 Å². The van der Waals surface area contributed by atoms with E-state index in [1.165, 1.54) is 54.7 Å². The maximum absolute atomic E-state index is 13.0. The van der Waals surface area contributed by atoms with Crippen LogP contribution in [0.2, 0.25) is 10.0 Å². The first-order valence-corrected chi connectivity index (χ1v) is 12.8. The predicted molar refractivity (Wildman–Crippen MR) is 126 cm³/mol. The van der Waals surface area contributed by atoms with E-state index in [4.69, 9.17) is 23.2 Å². The van der Waals surface area contributed by atoms with Gasteiger partial charge in [-0.3, -0.25) is 14.4 Å². The second-order valence-electron chi connectivity index (χ2n) is 6.73. The van der Waals surface area contributed by atoms with E-state index in [0.29, 0.717) is 10.9 Å². The normalized spacial score (nSPS) is 11.9. The summed E-state index contributed by atoms with van der Waals surface area (Å²) in [7, 11) is -7.99. The molecular formula is C21H15Cl2N3O4S2. The van der Waals surface area contributed by atoms with Gasteiger partial charge in [0.15, 0.2) is 0 Å². The Morgan fingerprint density at radius 3 is 1.97 bits per heavy atom. The van der Waals surface area contributed by atoms with E-state index in [1.807, 2.05) is 0 Å². The molecule has 0 aliphatic carbocycles. The van der Waals surface area contributed by atoms with E-state index < -0.39 is 20.0 Å². The van der Waals surface area contributed by atoms with Crippen molar-refractivity contribution < 1.29 is 16.8 Å². The Morgan fingerprint density at radius 1 is 0.688 bits per heavy atom. The Kier molecular flexibility index (Phi) is 6.00. The van der Waals surface area contributed by atoms with Gasteiger partial charge < -0.3 is 0 Å². The highest BCUT2D eigenvalue weighted by atomic mass is 35.5. The molecule has 2 N–H and O–H groups in total. The zero-order valence-corrected chi connectivity index (χ0v) is 19.3. The van der Waals surface area contributed by atoms with Gasteiger partial charge >= 0.3 is 0 Å². The monoisotopic (exact) mass is 507 g/mol. The summed E-state index contributed by atoms with van der Waals surface area (Å²) in [6, 6.07) is 18.1. The number of nitrogens with one attached hydrogen (secondary N) is 2. The molecule has 0 amide bonds. The van der Waals surface area contributed by atoms with Crippen LogP contribution >= 0.6 is 23.2 Å². The van der Waals surface area contributed by atoms with E-state index >= 15 is 0 Å². The van der Waals surface area contributed by atoms with Gasteiger partial charge in [-0.2, -0.15) is 0 Å². The topological polar surface area (TPSA) is 105 Å². The highest BCUT2D eigenvalue weighted by Crippen LogP contribution is 2.27. The molecule has 0 aliphatic heterocycles. The van der Waals surface area contributed by atoms with E-state index in [0.717, 1.165) is 0 Å². The van der Waals surface area contributed by atoms with Crippen LogP contribution in [0.25, 0.3) is 10.9 Å². The van der Waals surface area contributed by atoms with Crippen molar-refractivity contribution in [2.24, 2.45) is 0 Å². The third-order valence-electron chi connectivity index (χ3n) is 4.40. The zero-order valence-electron chi connectivity index (χ0n) is 16.2. The van der Waals surface area contributed by atoms with Crippen molar-refractivity contribution in [1.29, 1.82) is 0 Å². The molecule has 0 spiro atoms. The average Bonchev–Trinajstić information content (AvgIpc) is 2.72. The fraction of sp³-hybridized carbons (Fsp3) is 0. The van der Waals surface area contributed by atoms with Crippen LogP contribution < -0.4 is 9.44 Å². The molecule has 11 heteroatoms. The summed E-state index contributed by atoms with van der Waals surface area (Å²) in [5.41, 5.74) is 0.650. The van der Waals surface area contributed by atoms with E-state index in [9.17, 15) is 16.8 Å². The molecule has 32 heavy (non-hydrogen) atoms. The molecule has 0 bridgehead atoms. The third-order valence-corrected chi connectivity index (χ3v) is 7.61. The fourth-order valence-electron chi connectivity index (χ4n) is 3.05. The second kappa shape index (κ2) is 8.59. The predicted octanol–water partition coefficient (Wildman–Crippen LogP) is 5.14. The first kappa shape index (κ1) is 22.3. The van der Waals surface area contributed by atoms with Crippen molar-refractivity contribution >= 4 is 65.5 Å². The lowest BCUT2D eigenvalue weighted by molar-refractivity contribution is 0.600. The van der Waals surface area contributed by atoms with Gasteiger partial charge in [-0.25, -0.2) is 16.8 Å². The molecule has 0 saturated carbocycles. The molecule has 1 aromatic heterocycles. The first-order valence-electron chi connectivity index (χ1n) is 9.10. The number of nitrogens with zero attached hydrogens (tertiary/aromatic N) is 1. The molecule has 4 rings (SSSR count). The first-order chi connectivity index (χ1) is 15.1. The Bertz CT molecular complexity index is 1520. The summed E-state index contributed by atoms with van der Waals surface area (Å²) in [5.74, 6) is 0. The van der Waals surface area contributed by atoms with E-state index in [1.54, 1.807) is 24.3 Å². The fourth-order valence-corrected chi connectivity index (χ4v) is 6.05. The van der Waals surface area contributed by atoms with Crippen molar-refractivity contribution in [2.75, 3.05) is 9.44 Å². The van der Waals surface area contributed by atoms with Gasteiger partial charge in [0.25, 0.3) is 20.0 Å². The number of aromatic nitrogens is 1. The molecule has 0 saturated heterocycles. The quantitative estimate of drug-likeness (QED) is 0.375. The number of benzene rings is 3. The summed E-state index contributed by atoms with van der Waals surface area (Å²) in [5, 5.41) is 1.02. The lowest BCUT2D eigenvalue weighted by Crippen LogP contribution is -2.15. The van der Waals surface area contributed by atoms with Crippen LogP contribution in [-0.2, 0) is 20.0 Å². The van der Waals surface area contributed by atoms with Crippen molar-refractivity contribution in [3.63, 3.8) is 0 Å². The summed E-state index contributed by atoms with van der Waals surface area (Å²) in [6.07, 6.45) is 1.51. The molecule has 0 unspecified atom stereocenters. The number of halogens is 2. The van der Waals surface area contributed by atoms with Crippen molar-refractivity contribution in [3.8, 4) is 0 Å². The molecule has 4 aromatic rings. The van der Waals surface area contributed by atoms with Gasteiger partial charge in [0.05, 0.1) is 21.8 Å². The van der Waals surface area contributed by atoms with Crippen LogP contribution in [0.4, 0.5) is 11.4 Å². The van der Waals surface area contributed by atoms with Crippen LogP contribution in [0.15, 0.2) is 88.8 Å². The van der Waals surface area contributed by atoms with Gasteiger partial charge in [-0.05, 0) is 48.5 Å². The van der Waals surface area contributed by atoms with Crippen LogP contribution in [-0.4, -0.2) is 21.8 Å². The summed E-state index contributed by atoms with van der Waals surface area (Å²) < 4.78 is 56.2. The molecular weight excluding hydrogens is 493 g/mol. The molecule has 7 nitrogen and oxygen atoms in total. The number of pyridine rings is 1. The Hall–Kier alpha value is -2.85. The Morgan fingerprint density at radius 2 is 1.28 bits per heavy atom. The van der Waals surface area contributed by atoms with Crippen LogP contribution in [0.3, 0.4) is 0 Å². The van der Waals surface area contributed by atoms with Gasteiger partial charge in [0.1, 0.15) is 4.90 Å². The number of anilines is 2. The average molecular weight is 508 g/mol. The molecule has 0 fully saturated rings. The molecule has 0 radical (unpaired) electrons. The molecule has 0 aliphatic rings. The highest BCUT2D eigenvalue weighted by molar-refractivity contribution is 7.93. The third kappa shape index (κ3) is 4.81. The minimum atomic E-state index is -4.01. The highest BCUT2D eigenvalue weighted by Gasteiger charge is 2.20. The number of sulfonamides is 2. The Balaban J connectivity index is 1.63. The smallest absolute Gasteiger partial charge is 0.264 e. The van der Waals surface area contributed by atoms with E-state index in [-0.39, 0.29) is 31.2 Å². The molecule has 164 valence electrons. The minimum absolute atomic E-state index is 0.00940. The van der Waals surface area contributed by atoms with Crippen LogP contribution in [0, 0.1) is 0 Å². The lowest BCUT2D eigenvalue weighted by Gasteiger charge is -2.12. The van der Waals surface area contributed by atoms with Gasteiger partial charge in [0, 0.05) is 21.6 Å². The maximum Gasteiger partial charge on any atom is 0.264 e. The Labute approximate surface area is 195 Å². The number of hydrogen-bond donors (Lipinski definition) is 2. The maximum atomic E-state index is 13.0. The van der Waals surface area contributed by atoms with Crippen LogP contribution in [0.1, 0.15) is 0 Å². The number of para-hydroxylation sites is 1. The summed E-state index contributed by atoms with van der Waals surface area (Å²) in [6.45, 7) is 0. The number of rotatable bonds is 6. The van der Waals surface area contributed by atoms with Crippen LogP contribution in [0.5, 0.6) is 0 Å². The molecule has 0 atom stereocenters. The van der Waals surface area contributed by atoms with Crippen molar-refractivity contribution in [1.82, 2.24) is 4.98 Å². The number of hydrogen-bond acceptors (Lipinski definition) is 5. The minimum Gasteiger partial charge on any atom is -0.280 e. The second-order valence-corrected chi connectivity index (χ2v) is 10.9. The molecule has 3 aromatic carbocycles.